The first-order valence-corrected chi connectivity index (χ1v) is 8.43. The molecule has 0 saturated carbocycles. The number of para-hydroxylation sites is 1. The van der Waals surface area contributed by atoms with Crippen molar-refractivity contribution in [2.75, 3.05) is 10.6 Å². The summed E-state index contributed by atoms with van der Waals surface area (Å²) in [4.78, 5) is 12.5. The zero-order valence-corrected chi connectivity index (χ0v) is 15.0. The molecule has 2 heterocycles. The van der Waals surface area contributed by atoms with Gasteiger partial charge < -0.3 is 10.6 Å². The number of nitrogens with one attached hydrogen (secondary N) is 2. The standard InChI is InChI=1S/C19H17F4N5/c1-11(2)25-18-26-15(12-6-8-24-9-7-12)10-16(28-18)27-17-13(19(21,22)23)4-3-5-14(17)20/h3-11H,1-2H3,(H2,25,26,27,28). The van der Waals surface area contributed by atoms with E-state index in [1.807, 2.05) is 13.8 Å². The van der Waals surface area contributed by atoms with Gasteiger partial charge in [-0.1, -0.05) is 6.07 Å². The molecule has 0 bridgehead atoms. The lowest BCUT2D eigenvalue weighted by atomic mass is 10.1. The summed E-state index contributed by atoms with van der Waals surface area (Å²) in [6.45, 7) is 3.74. The Morgan fingerprint density at radius 1 is 1.00 bits per heavy atom. The van der Waals surface area contributed by atoms with Gasteiger partial charge in [0.25, 0.3) is 0 Å². The molecule has 0 fully saturated rings. The Morgan fingerprint density at radius 2 is 1.71 bits per heavy atom. The third-order valence-electron chi connectivity index (χ3n) is 3.69. The van der Waals surface area contributed by atoms with Crippen LogP contribution in [0.25, 0.3) is 11.3 Å². The summed E-state index contributed by atoms with van der Waals surface area (Å²) in [6, 6.07) is 7.62. The van der Waals surface area contributed by atoms with Crippen LogP contribution in [-0.2, 0) is 6.18 Å². The Kier molecular flexibility index (Phi) is 5.43. The maximum atomic E-state index is 14.2. The Hall–Kier alpha value is -3.23. The van der Waals surface area contributed by atoms with E-state index in [0.29, 0.717) is 11.3 Å². The summed E-state index contributed by atoms with van der Waals surface area (Å²) in [5.41, 5.74) is -0.662. The maximum Gasteiger partial charge on any atom is 0.418 e. The lowest BCUT2D eigenvalue weighted by Crippen LogP contribution is -2.14. The normalized spacial score (nSPS) is 11.5. The highest BCUT2D eigenvalue weighted by Crippen LogP contribution is 2.37. The van der Waals surface area contributed by atoms with Crippen LogP contribution >= 0.6 is 0 Å². The van der Waals surface area contributed by atoms with Gasteiger partial charge in [-0.3, -0.25) is 4.98 Å². The Labute approximate surface area is 158 Å². The van der Waals surface area contributed by atoms with Crippen LogP contribution < -0.4 is 10.6 Å². The predicted octanol–water partition coefficient (Wildman–Crippen LogP) is 5.26. The van der Waals surface area contributed by atoms with Crippen molar-refractivity contribution < 1.29 is 17.6 Å². The van der Waals surface area contributed by atoms with Gasteiger partial charge in [-0.15, -0.1) is 0 Å². The van der Waals surface area contributed by atoms with E-state index < -0.39 is 23.2 Å². The first-order valence-electron chi connectivity index (χ1n) is 8.43. The third kappa shape index (κ3) is 4.54. The third-order valence-corrected chi connectivity index (χ3v) is 3.69. The van der Waals surface area contributed by atoms with Gasteiger partial charge in [0.2, 0.25) is 5.95 Å². The average molecular weight is 391 g/mol. The monoisotopic (exact) mass is 391 g/mol. The highest BCUT2D eigenvalue weighted by Gasteiger charge is 2.35. The number of rotatable bonds is 5. The van der Waals surface area contributed by atoms with Crippen molar-refractivity contribution in [3.63, 3.8) is 0 Å². The van der Waals surface area contributed by atoms with E-state index in [1.165, 1.54) is 6.07 Å². The zero-order chi connectivity index (χ0) is 20.3. The molecule has 0 spiro atoms. The molecule has 0 unspecified atom stereocenters. The molecule has 2 aromatic heterocycles. The van der Waals surface area contributed by atoms with Gasteiger partial charge in [-0.2, -0.15) is 18.2 Å². The minimum Gasteiger partial charge on any atom is -0.352 e. The van der Waals surface area contributed by atoms with E-state index in [-0.39, 0.29) is 17.8 Å². The molecule has 1 aromatic carbocycles. The van der Waals surface area contributed by atoms with Crippen molar-refractivity contribution in [3.8, 4) is 11.3 Å². The van der Waals surface area contributed by atoms with E-state index in [2.05, 4.69) is 25.6 Å². The van der Waals surface area contributed by atoms with Crippen LogP contribution in [-0.4, -0.2) is 21.0 Å². The van der Waals surface area contributed by atoms with E-state index in [0.717, 1.165) is 18.2 Å². The SMILES string of the molecule is CC(C)Nc1nc(Nc2c(F)cccc2C(F)(F)F)cc(-c2ccncc2)n1. The number of aromatic nitrogens is 3. The summed E-state index contributed by atoms with van der Waals surface area (Å²) in [5, 5.41) is 5.48. The molecular formula is C19H17F4N5. The van der Waals surface area contributed by atoms with Crippen LogP contribution in [0.1, 0.15) is 19.4 Å². The second-order valence-corrected chi connectivity index (χ2v) is 6.28. The molecule has 0 aliphatic heterocycles. The van der Waals surface area contributed by atoms with Crippen molar-refractivity contribution in [2.24, 2.45) is 0 Å². The van der Waals surface area contributed by atoms with Gasteiger partial charge in [0, 0.05) is 30.1 Å². The van der Waals surface area contributed by atoms with Gasteiger partial charge >= 0.3 is 6.18 Å². The van der Waals surface area contributed by atoms with Gasteiger partial charge in [-0.05, 0) is 38.1 Å². The lowest BCUT2D eigenvalue weighted by Gasteiger charge is -2.16. The highest BCUT2D eigenvalue weighted by atomic mass is 19.4. The summed E-state index contributed by atoms with van der Waals surface area (Å²) in [7, 11) is 0. The van der Waals surface area contributed by atoms with Crippen molar-refractivity contribution in [1.82, 2.24) is 15.0 Å². The molecule has 0 amide bonds. The summed E-state index contributed by atoms with van der Waals surface area (Å²) in [6.07, 6.45) is -1.58. The molecule has 9 heteroatoms. The second kappa shape index (κ2) is 7.79. The summed E-state index contributed by atoms with van der Waals surface area (Å²) >= 11 is 0. The molecule has 0 saturated heterocycles. The van der Waals surface area contributed by atoms with E-state index in [9.17, 15) is 17.6 Å². The molecule has 2 N–H and O–H groups in total. The Morgan fingerprint density at radius 3 is 2.36 bits per heavy atom. The predicted molar refractivity (Wildman–Crippen MR) is 98.7 cm³/mol. The number of halogens is 4. The molecule has 0 radical (unpaired) electrons. The van der Waals surface area contributed by atoms with Crippen molar-refractivity contribution in [2.45, 2.75) is 26.1 Å². The largest absolute Gasteiger partial charge is 0.418 e. The quantitative estimate of drug-likeness (QED) is 0.581. The van der Waals surface area contributed by atoms with Crippen molar-refractivity contribution >= 4 is 17.5 Å². The maximum absolute atomic E-state index is 14.2. The minimum atomic E-state index is -4.72. The lowest BCUT2D eigenvalue weighted by molar-refractivity contribution is -0.137. The molecule has 3 rings (SSSR count). The highest BCUT2D eigenvalue weighted by molar-refractivity contribution is 5.69. The van der Waals surface area contributed by atoms with Crippen LogP contribution in [0.5, 0.6) is 0 Å². The van der Waals surface area contributed by atoms with Gasteiger partial charge in [0.15, 0.2) is 0 Å². The molecule has 0 aliphatic carbocycles. The van der Waals surface area contributed by atoms with E-state index in [4.69, 9.17) is 0 Å². The van der Waals surface area contributed by atoms with Crippen LogP contribution in [0.4, 0.5) is 35.0 Å². The van der Waals surface area contributed by atoms with Gasteiger partial charge in [-0.25, -0.2) is 9.37 Å². The average Bonchev–Trinajstić information content (AvgIpc) is 2.62. The van der Waals surface area contributed by atoms with E-state index in [1.54, 1.807) is 24.5 Å². The van der Waals surface area contributed by atoms with Crippen molar-refractivity contribution in [3.05, 3.63) is 60.2 Å². The number of hydrogen-bond donors (Lipinski definition) is 2. The first-order chi connectivity index (χ1) is 13.2. The Bertz CT molecular complexity index is 958. The number of nitrogens with zero attached hydrogens (tertiary/aromatic N) is 3. The molecule has 0 atom stereocenters. The summed E-state index contributed by atoms with van der Waals surface area (Å²) in [5.74, 6) is -0.797. The molecule has 28 heavy (non-hydrogen) atoms. The number of alkyl halides is 3. The summed E-state index contributed by atoms with van der Waals surface area (Å²) < 4.78 is 54.0. The van der Waals surface area contributed by atoms with Crippen LogP contribution in [0.15, 0.2) is 48.8 Å². The smallest absolute Gasteiger partial charge is 0.352 e. The fourth-order valence-corrected chi connectivity index (χ4v) is 2.52. The van der Waals surface area contributed by atoms with Crippen molar-refractivity contribution in [1.29, 1.82) is 0 Å². The molecule has 0 aliphatic rings. The zero-order valence-electron chi connectivity index (χ0n) is 15.0. The molecule has 3 aromatic rings. The number of pyridine rings is 1. The van der Waals surface area contributed by atoms with Crippen LogP contribution in [0.2, 0.25) is 0 Å². The number of anilines is 3. The van der Waals surface area contributed by atoms with Gasteiger partial charge in [0.05, 0.1) is 16.9 Å². The number of benzene rings is 1. The molecule has 146 valence electrons. The van der Waals surface area contributed by atoms with Crippen LogP contribution in [0, 0.1) is 5.82 Å². The second-order valence-electron chi connectivity index (χ2n) is 6.28. The topological polar surface area (TPSA) is 62.7 Å². The first kappa shape index (κ1) is 19.5. The van der Waals surface area contributed by atoms with Crippen LogP contribution in [0.3, 0.4) is 0 Å². The van der Waals surface area contributed by atoms with Gasteiger partial charge in [0.1, 0.15) is 11.6 Å². The minimum absolute atomic E-state index is 0.0141. The number of hydrogen-bond acceptors (Lipinski definition) is 5. The molecule has 5 nitrogen and oxygen atoms in total. The fraction of sp³-hybridized carbons (Fsp3) is 0.211. The van der Waals surface area contributed by atoms with E-state index >= 15 is 0 Å². The fourth-order valence-electron chi connectivity index (χ4n) is 2.52. The Balaban J connectivity index is 2.08. The molecular weight excluding hydrogens is 374 g/mol.